The Kier molecular flexibility index (Phi) is 6.92. The highest BCUT2D eigenvalue weighted by Crippen LogP contribution is 2.53. The number of nitrogens with zero attached hydrogens (tertiary/aromatic N) is 2. The van der Waals surface area contributed by atoms with Crippen LogP contribution in [0.2, 0.25) is 0 Å². The van der Waals surface area contributed by atoms with Crippen molar-refractivity contribution in [2.45, 2.75) is 32.1 Å². The highest BCUT2D eigenvalue weighted by Gasteiger charge is 2.38. The van der Waals surface area contributed by atoms with Crippen molar-refractivity contribution in [2.75, 3.05) is 0 Å². The number of fused-ring (bicyclic) bond motifs is 11. The van der Waals surface area contributed by atoms with Crippen LogP contribution in [0.4, 0.5) is 0 Å². The smallest absolute Gasteiger partial charge is 0.311 e. The Bertz CT molecular complexity index is 3290. The van der Waals surface area contributed by atoms with E-state index in [2.05, 4.69) is 193 Å². The summed E-state index contributed by atoms with van der Waals surface area (Å²) < 4.78 is 10.8. The molecule has 0 N–H and O–H groups in total. The maximum Gasteiger partial charge on any atom is 0.311 e. The second kappa shape index (κ2) is 12.2. The van der Waals surface area contributed by atoms with Crippen molar-refractivity contribution in [3.63, 3.8) is 0 Å². The molecule has 0 saturated heterocycles. The summed E-state index contributed by atoms with van der Waals surface area (Å²) in [7, 11) is 0. The Labute approximate surface area is 336 Å². The number of carbonyl (C=O) groups excluding carboxylic acids is 1. The standard InChI is InChI=1S/C54H38N2O2/c1-54(2)46-15-7-3-11-39(46)43-28-29-44-42-14-6-10-18-49(42)56(52(44)51(43)54)38-24-19-33(20-25-38)36-31-35-23-30-50(57)58-53(35)45(32-36)34-21-26-37(27-22-34)55-47-16-8-4-12-40(47)41-13-5-9-17-48(41)55/h3-22,24-29,31-32H,23,30H2,1-2H3. The highest BCUT2D eigenvalue weighted by molar-refractivity contribution is 6.13. The summed E-state index contributed by atoms with van der Waals surface area (Å²) in [5.74, 6) is 0.487. The molecule has 12 rings (SSSR count). The molecule has 4 heteroatoms. The number of carbonyl (C=O) groups is 1. The zero-order valence-electron chi connectivity index (χ0n) is 32.3. The molecule has 0 saturated carbocycles. The second-order valence-electron chi connectivity index (χ2n) is 16.4. The Hall–Kier alpha value is -7.17. The number of hydrogen-bond donors (Lipinski definition) is 0. The van der Waals surface area contributed by atoms with E-state index in [4.69, 9.17) is 4.74 Å². The summed E-state index contributed by atoms with van der Waals surface area (Å²) in [5, 5.41) is 5.00. The number of aromatic nitrogens is 2. The van der Waals surface area contributed by atoms with Gasteiger partial charge in [0.25, 0.3) is 0 Å². The van der Waals surface area contributed by atoms with E-state index in [-0.39, 0.29) is 11.4 Å². The van der Waals surface area contributed by atoms with Gasteiger partial charge in [-0.15, -0.1) is 0 Å². The Morgan fingerprint density at radius 3 is 1.74 bits per heavy atom. The lowest BCUT2D eigenvalue weighted by molar-refractivity contribution is -0.135. The third-order valence-electron chi connectivity index (χ3n) is 12.8. The van der Waals surface area contributed by atoms with Gasteiger partial charge in [-0.3, -0.25) is 4.79 Å². The molecule has 0 spiro atoms. The molecular formula is C54H38N2O2. The monoisotopic (exact) mass is 746 g/mol. The maximum atomic E-state index is 12.7. The van der Waals surface area contributed by atoms with Crippen LogP contribution in [-0.4, -0.2) is 15.1 Å². The molecule has 2 aliphatic rings. The average molecular weight is 747 g/mol. The first-order chi connectivity index (χ1) is 28.4. The van der Waals surface area contributed by atoms with Crippen molar-refractivity contribution < 1.29 is 9.53 Å². The molecule has 2 aromatic heterocycles. The van der Waals surface area contributed by atoms with Gasteiger partial charge in [-0.2, -0.15) is 0 Å². The van der Waals surface area contributed by atoms with Crippen LogP contribution in [0.3, 0.4) is 0 Å². The SMILES string of the molecule is CC1(C)c2ccccc2-c2ccc3c4ccccc4n(-c4ccc(-c5cc6c(c(-c7ccc(-n8c9ccccc9c9ccccc98)cc7)c5)OC(=O)CC6)cc4)c3c21. The summed E-state index contributed by atoms with van der Waals surface area (Å²) in [4.78, 5) is 12.7. The molecular weight excluding hydrogens is 709 g/mol. The molecule has 0 fully saturated rings. The number of para-hydroxylation sites is 3. The third-order valence-corrected chi connectivity index (χ3v) is 12.8. The van der Waals surface area contributed by atoms with Crippen molar-refractivity contribution in [2.24, 2.45) is 0 Å². The van der Waals surface area contributed by atoms with E-state index in [0.29, 0.717) is 18.6 Å². The van der Waals surface area contributed by atoms with E-state index >= 15 is 0 Å². The van der Waals surface area contributed by atoms with E-state index in [9.17, 15) is 4.79 Å². The second-order valence-corrected chi connectivity index (χ2v) is 16.4. The lowest BCUT2D eigenvalue weighted by Gasteiger charge is -2.24. The first-order valence-corrected chi connectivity index (χ1v) is 20.2. The molecule has 0 unspecified atom stereocenters. The van der Waals surface area contributed by atoms with Crippen molar-refractivity contribution in [1.29, 1.82) is 0 Å². The van der Waals surface area contributed by atoms with Gasteiger partial charge in [0.2, 0.25) is 0 Å². The van der Waals surface area contributed by atoms with Crippen molar-refractivity contribution in [3.8, 4) is 50.5 Å². The van der Waals surface area contributed by atoms with Crippen molar-refractivity contribution >= 4 is 49.6 Å². The Morgan fingerprint density at radius 1 is 0.483 bits per heavy atom. The summed E-state index contributed by atoms with van der Waals surface area (Å²) in [6, 6.07) is 61.5. The van der Waals surface area contributed by atoms with Crippen LogP contribution < -0.4 is 4.74 Å². The largest absolute Gasteiger partial charge is 0.426 e. The minimum atomic E-state index is -0.184. The lowest BCUT2D eigenvalue weighted by atomic mass is 9.81. The highest BCUT2D eigenvalue weighted by atomic mass is 16.5. The van der Waals surface area contributed by atoms with E-state index in [0.717, 1.165) is 39.2 Å². The lowest BCUT2D eigenvalue weighted by Crippen LogP contribution is -2.16. The Morgan fingerprint density at radius 2 is 1.05 bits per heavy atom. The van der Waals surface area contributed by atoms with Crippen LogP contribution in [0.5, 0.6) is 5.75 Å². The zero-order valence-corrected chi connectivity index (χ0v) is 32.3. The molecule has 8 aromatic carbocycles. The first kappa shape index (κ1) is 33.0. The third kappa shape index (κ3) is 4.66. The van der Waals surface area contributed by atoms with E-state index in [1.807, 2.05) is 0 Å². The minimum Gasteiger partial charge on any atom is -0.426 e. The molecule has 1 aliphatic carbocycles. The summed E-state index contributed by atoms with van der Waals surface area (Å²) in [6.07, 6.45) is 1.02. The van der Waals surface area contributed by atoms with E-state index in [1.165, 1.54) is 65.9 Å². The molecule has 0 amide bonds. The average Bonchev–Trinajstić information content (AvgIpc) is 3.87. The van der Waals surface area contributed by atoms with Crippen LogP contribution in [0.15, 0.2) is 170 Å². The van der Waals surface area contributed by atoms with Crippen LogP contribution >= 0.6 is 0 Å². The summed E-state index contributed by atoms with van der Waals surface area (Å²) in [6.45, 7) is 4.73. The molecule has 1 aliphatic heterocycles. The first-order valence-electron chi connectivity index (χ1n) is 20.2. The fraction of sp³-hybridized carbons (Fsp3) is 0.0926. The van der Waals surface area contributed by atoms with E-state index < -0.39 is 0 Å². The van der Waals surface area contributed by atoms with Gasteiger partial charge in [-0.05, 0) is 106 Å². The van der Waals surface area contributed by atoms with Gasteiger partial charge in [0.1, 0.15) is 5.75 Å². The number of esters is 1. The molecule has 0 bridgehead atoms. The molecule has 0 atom stereocenters. The van der Waals surface area contributed by atoms with Gasteiger partial charge in [0, 0.05) is 43.9 Å². The van der Waals surface area contributed by atoms with Gasteiger partial charge in [0.15, 0.2) is 0 Å². The van der Waals surface area contributed by atoms with Crippen molar-refractivity contribution in [1.82, 2.24) is 9.13 Å². The number of aryl methyl sites for hydroxylation is 1. The number of benzene rings is 8. The molecule has 276 valence electrons. The van der Waals surface area contributed by atoms with Gasteiger partial charge >= 0.3 is 5.97 Å². The molecule has 58 heavy (non-hydrogen) atoms. The van der Waals surface area contributed by atoms with Gasteiger partial charge in [0.05, 0.1) is 28.5 Å². The molecule has 4 nitrogen and oxygen atoms in total. The van der Waals surface area contributed by atoms with Crippen molar-refractivity contribution in [3.05, 3.63) is 187 Å². The Balaban J connectivity index is 0.978. The number of ether oxygens (including phenoxy) is 1. The van der Waals surface area contributed by atoms with Crippen LogP contribution in [0.25, 0.3) is 88.4 Å². The van der Waals surface area contributed by atoms with Gasteiger partial charge in [-0.25, -0.2) is 0 Å². The topological polar surface area (TPSA) is 36.2 Å². The number of hydrogen-bond acceptors (Lipinski definition) is 2. The summed E-state index contributed by atoms with van der Waals surface area (Å²) in [5.41, 5.74) is 17.5. The van der Waals surface area contributed by atoms with Crippen LogP contribution in [0, 0.1) is 0 Å². The fourth-order valence-corrected chi connectivity index (χ4v) is 10.2. The van der Waals surface area contributed by atoms with Gasteiger partial charge in [-0.1, -0.05) is 129 Å². The molecule has 0 radical (unpaired) electrons. The molecule has 10 aromatic rings. The minimum absolute atomic E-state index is 0.151. The maximum absolute atomic E-state index is 12.7. The normalized spacial score (nSPS) is 14.2. The fourth-order valence-electron chi connectivity index (χ4n) is 10.2. The number of rotatable bonds is 4. The summed E-state index contributed by atoms with van der Waals surface area (Å²) >= 11 is 0. The van der Waals surface area contributed by atoms with Crippen LogP contribution in [0.1, 0.15) is 37.0 Å². The zero-order chi connectivity index (χ0) is 38.7. The predicted molar refractivity (Wildman–Crippen MR) is 238 cm³/mol. The van der Waals surface area contributed by atoms with Crippen LogP contribution in [-0.2, 0) is 16.6 Å². The van der Waals surface area contributed by atoms with Gasteiger partial charge < -0.3 is 13.9 Å². The molecule has 3 heterocycles. The predicted octanol–water partition coefficient (Wildman–Crippen LogP) is 13.4. The quantitative estimate of drug-likeness (QED) is 0.133. The van der Waals surface area contributed by atoms with E-state index in [1.54, 1.807) is 0 Å².